The number of carbonyl (C=O) groups excluding carboxylic acids is 1. The minimum absolute atomic E-state index is 0.0884. The van der Waals surface area contributed by atoms with Gasteiger partial charge in [-0.05, 0) is 44.2 Å². The van der Waals surface area contributed by atoms with Crippen LogP contribution in [0, 0.1) is 0 Å². The van der Waals surface area contributed by atoms with E-state index in [-0.39, 0.29) is 18.6 Å². The van der Waals surface area contributed by atoms with E-state index in [2.05, 4.69) is 5.32 Å². The van der Waals surface area contributed by atoms with Gasteiger partial charge in [-0.25, -0.2) is 0 Å². The van der Waals surface area contributed by atoms with Crippen LogP contribution in [0.1, 0.15) is 35.9 Å². The summed E-state index contributed by atoms with van der Waals surface area (Å²) in [4.78, 5) is 12.3. The molecular formula is C21H24N2O3. The van der Waals surface area contributed by atoms with Gasteiger partial charge in [0.1, 0.15) is 5.75 Å². The topological polar surface area (TPSA) is 63.5 Å². The third-order valence-corrected chi connectivity index (χ3v) is 4.23. The zero-order valence-electron chi connectivity index (χ0n) is 15.3. The molecule has 1 amide bonds. The summed E-state index contributed by atoms with van der Waals surface area (Å²) in [6.07, 6.45) is 1.22. The quantitative estimate of drug-likeness (QED) is 0.714. The molecule has 3 rings (SSSR count). The number of amides is 1. The Morgan fingerprint density at radius 3 is 2.54 bits per heavy atom. The van der Waals surface area contributed by atoms with E-state index in [4.69, 9.17) is 4.74 Å². The number of aryl methyl sites for hydroxylation is 1. The Morgan fingerprint density at radius 2 is 1.85 bits per heavy atom. The van der Waals surface area contributed by atoms with Crippen LogP contribution in [0.2, 0.25) is 0 Å². The highest BCUT2D eigenvalue weighted by Gasteiger charge is 2.16. The Hall–Kier alpha value is -2.79. The van der Waals surface area contributed by atoms with Crippen LogP contribution in [0.5, 0.6) is 5.75 Å². The van der Waals surface area contributed by atoms with Crippen LogP contribution in [0.25, 0.3) is 10.9 Å². The van der Waals surface area contributed by atoms with Crippen molar-refractivity contribution in [2.45, 2.75) is 26.1 Å². The molecule has 0 saturated carbocycles. The van der Waals surface area contributed by atoms with E-state index in [1.165, 1.54) is 0 Å². The summed E-state index contributed by atoms with van der Waals surface area (Å²) in [5, 5.41) is 14.3. The Kier molecular flexibility index (Phi) is 5.28. The maximum atomic E-state index is 12.3. The van der Waals surface area contributed by atoms with E-state index in [0.29, 0.717) is 5.56 Å². The lowest BCUT2D eigenvalue weighted by Crippen LogP contribution is -2.28. The summed E-state index contributed by atoms with van der Waals surface area (Å²) in [5.41, 5.74) is 2.39. The van der Waals surface area contributed by atoms with Gasteiger partial charge in [0.25, 0.3) is 5.91 Å². The molecule has 0 radical (unpaired) electrons. The van der Waals surface area contributed by atoms with Crippen molar-refractivity contribution in [3.63, 3.8) is 0 Å². The number of carbonyl (C=O) groups is 1. The van der Waals surface area contributed by atoms with Gasteiger partial charge in [-0.3, -0.25) is 4.79 Å². The maximum absolute atomic E-state index is 12.3. The monoisotopic (exact) mass is 352 g/mol. The number of fused-ring (bicyclic) bond motifs is 1. The Bertz CT molecular complexity index is 897. The predicted molar refractivity (Wildman–Crippen MR) is 102 cm³/mol. The first-order valence-electron chi connectivity index (χ1n) is 8.72. The number of hydrogen-bond acceptors (Lipinski definition) is 3. The minimum atomic E-state index is -0.770. The number of para-hydroxylation sites is 1. The molecular weight excluding hydrogens is 328 g/mol. The van der Waals surface area contributed by atoms with Gasteiger partial charge in [-0.1, -0.05) is 18.2 Å². The smallest absolute Gasteiger partial charge is 0.251 e. The third-order valence-electron chi connectivity index (χ3n) is 4.23. The molecule has 2 N–H and O–H groups in total. The Morgan fingerprint density at radius 1 is 1.15 bits per heavy atom. The molecule has 0 aliphatic carbocycles. The second kappa shape index (κ2) is 7.62. The molecule has 136 valence electrons. The van der Waals surface area contributed by atoms with Gasteiger partial charge in [0, 0.05) is 41.8 Å². The van der Waals surface area contributed by atoms with E-state index in [9.17, 15) is 9.90 Å². The van der Waals surface area contributed by atoms with Crippen molar-refractivity contribution in [3.05, 3.63) is 65.9 Å². The number of aliphatic hydroxyl groups excluding tert-OH is 1. The number of aliphatic hydroxyl groups is 1. The van der Waals surface area contributed by atoms with Crippen molar-refractivity contribution in [2.75, 3.05) is 6.54 Å². The SMILES string of the molecule is CC(C)Oc1ccc(C(=O)NCC(O)c2cn(C)c3ccccc23)cc1. The molecule has 1 aromatic heterocycles. The summed E-state index contributed by atoms with van der Waals surface area (Å²) in [6.45, 7) is 4.06. The standard InChI is InChI=1S/C21H24N2O3/c1-14(2)26-16-10-8-15(9-11-16)21(25)22-12-20(24)18-13-23(3)19-7-5-4-6-17(18)19/h4-11,13-14,20,24H,12H2,1-3H3,(H,22,25). The van der Waals surface area contributed by atoms with Crippen molar-refractivity contribution in [3.8, 4) is 5.75 Å². The van der Waals surface area contributed by atoms with E-state index < -0.39 is 6.10 Å². The van der Waals surface area contributed by atoms with Crippen LogP contribution < -0.4 is 10.1 Å². The van der Waals surface area contributed by atoms with Gasteiger partial charge in [0.2, 0.25) is 0 Å². The number of rotatable bonds is 6. The highest BCUT2D eigenvalue weighted by atomic mass is 16.5. The van der Waals surface area contributed by atoms with E-state index >= 15 is 0 Å². The Balaban J connectivity index is 1.65. The Labute approximate surface area is 153 Å². The normalized spacial score (nSPS) is 12.3. The molecule has 5 heteroatoms. The number of nitrogens with zero attached hydrogens (tertiary/aromatic N) is 1. The molecule has 0 spiro atoms. The van der Waals surface area contributed by atoms with Crippen LogP contribution >= 0.6 is 0 Å². The first-order valence-corrected chi connectivity index (χ1v) is 8.72. The van der Waals surface area contributed by atoms with Gasteiger partial charge in [0.05, 0.1) is 12.2 Å². The average Bonchev–Trinajstić information content (AvgIpc) is 2.97. The fourth-order valence-corrected chi connectivity index (χ4v) is 3.00. The van der Waals surface area contributed by atoms with E-state index in [1.54, 1.807) is 24.3 Å². The average molecular weight is 352 g/mol. The molecule has 0 aliphatic heterocycles. The number of benzene rings is 2. The van der Waals surface area contributed by atoms with Crippen LogP contribution in [-0.4, -0.2) is 28.2 Å². The third kappa shape index (κ3) is 3.89. The van der Waals surface area contributed by atoms with Gasteiger partial charge in [-0.15, -0.1) is 0 Å². The lowest BCUT2D eigenvalue weighted by atomic mass is 10.1. The highest BCUT2D eigenvalue weighted by Crippen LogP contribution is 2.25. The summed E-state index contributed by atoms with van der Waals surface area (Å²) in [7, 11) is 1.94. The second-order valence-corrected chi connectivity index (χ2v) is 6.63. The molecule has 1 atom stereocenters. The zero-order chi connectivity index (χ0) is 18.7. The number of aromatic nitrogens is 1. The summed E-state index contributed by atoms with van der Waals surface area (Å²) < 4.78 is 7.55. The molecule has 5 nitrogen and oxygen atoms in total. The molecule has 0 fully saturated rings. The highest BCUT2D eigenvalue weighted by molar-refractivity contribution is 5.94. The van der Waals surface area contributed by atoms with Crippen LogP contribution in [-0.2, 0) is 7.05 Å². The molecule has 0 saturated heterocycles. The van der Waals surface area contributed by atoms with E-state index in [0.717, 1.165) is 22.2 Å². The van der Waals surface area contributed by atoms with Gasteiger partial charge in [0.15, 0.2) is 0 Å². The fourth-order valence-electron chi connectivity index (χ4n) is 3.00. The van der Waals surface area contributed by atoms with Gasteiger partial charge in [-0.2, -0.15) is 0 Å². The second-order valence-electron chi connectivity index (χ2n) is 6.63. The lowest BCUT2D eigenvalue weighted by molar-refractivity contribution is 0.0917. The van der Waals surface area contributed by atoms with Crippen molar-refractivity contribution >= 4 is 16.8 Å². The molecule has 3 aromatic rings. The fraction of sp³-hybridized carbons (Fsp3) is 0.286. The number of hydrogen-bond donors (Lipinski definition) is 2. The zero-order valence-corrected chi connectivity index (χ0v) is 15.3. The van der Waals surface area contributed by atoms with Crippen molar-refractivity contribution in [2.24, 2.45) is 7.05 Å². The largest absolute Gasteiger partial charge is 0.491 e. The van der Waals surface area contributed by atoms with Gasteiger partial charge >= 0.3 is 0 Å². The molecule has 0 bridgehead atoms. The molecule has 1 unspecified atom stereocenters. The predicted octanol–water partition coefficient (Wildman–Crippen LogP) is 3.43. The van der Waals surface area contributed by atoms with Gasteiger partial charge < -0.3 is 19.7 Å². The molecule has 2 aromatic carbocycles. The summed E-state index contributed by atoms with van der Waals surface area (Å²) in [6, 6.07) is 14.9. The first-order chi connectivity index (χ1) is 12.5. The summed E-state index contributed by atoms with van der Waals surface area (Å²) >= 11 is 0. The maximum Gasteiger partial charge on any atom is 0.251 e. The molecule has 0 aliphatic rings. The number of nitrogens with one attached hydrogen (secondary N) is 1. The number of ether oxygens (including phenoxy) is 1. The first kappa shape index (κ1) is 18.0. The van der Waals surface area contributed by atoms with Crippen LogP contribution in [0.4, 0.5) is 0 Å². The lowest BCUT2D eigenvalue weighted by Gasteiger charge is -2.12. The van der Waals surface area contributed by atoms with Crippen molar-refractivity contribution < 1.29 is 14.6 Å². The molecule has 26 heavy (non-hydrogen) atoms. The minimum Gasteiger partial charge on any atom is -0.491 e. The van der Waals surface area contributed by atoms with Crippen molar-refractivity contribution in [1.82, 2.24) is 9.88 Å². The van der Waals surface area contributed by atoms with Crippen LogP contribution in [0.15, 0.2) is 54.7 Å². The van der Waals surface area contributed by atoms with E-state index in [1.807, 2.05) is 55.9 Å². The van der Waals surface area contributed by atoms with Crippen molar-refractivity contribution in [1.29, 1.82) is 0 Å². The van der Waals surface area contributed by atoms with Crippen LogP contribution in [0.3, 0.4) is 0 Å². The molecule has 1 heterocycles. The summed E-state index contributed by atoms with van der Waals surface area (Å²) in [5.74, 6) is 0.507.